The van der Waals surface area contributed by atoms with E-state index >= 15 is 0 Å². The monoisotopic (exact) mass is 220 g/mol. The van der Waals surface area contributed by atoms with Crippen LogP contribution in [-0.2, 0) is 4.74 Å². The second kappa shape index (κ2) is 6.57. The topological polar surface area (TPSA) is 9.23 Å². The van der Waals surface area contributed by atoms with Crippen molar-refractivity contribution < 1.29 is 4.74 Å². The maximum Gasteiger partial charge on any atom is 0.0904 e. The molecule has 0 aliphatic heterocycles. The highest BCUT2D eigenvalue weighted by molar-refractivity contribution is 5.09. The standard InChI is InChI=1S/C15H24O/c1-5-12(2)10-16-11-14(4)15-8-6-13(3)7-9-15/h5-6,8,10,13-15H,1,7,9,11H2,2-4H3/b12-10+/t13-,14?,15-/m0/s1. The third kappa shape index (κ3) is 4.26. The molecule has 1 aliphatic carbocycles. The molecule has 0 saturated carbocycles. The Morgan fingerprint density at radius 2 is 2.25 bits per heavy atom. The Morgan fingerprint density at radius 1 is 1.50 bits per heavy atom. The molecule has 0 aromatic heterocycles. The maximum atomic E-state index is 5.56. The smallest absolute Gasteiger partial charge is 0.0904 e. The molecule has 3 atom stereocenters. The minimum absolute atomic E-state index is 0.595. The lowest BCUT2D eigenvalue weighted by Crippen LogP contribution is -2.18. The number of ether oxygens (including phenoxy) is 1. The molecule has 0 radical (unpaired) electrons. The molecule has 0 aromatic carbocycles. The first-order chi connectivity index (χ1) is 7.63. The summed E-state index contributed by atoms with van der Waals surface area (Å²) in [5.41, 5.74) is 1.08. The summed E-state index contributed by atoms with van der Waals surface area (Å²) < 4.78 is 5.56. The molecule has 1 heteroatoms. The first kappa shape index (κ1) is 13.1. The molecule has 90 valence electrons. The molecule has 1 aliphatic rings. The molecule has 0 spiro atoms. The fraction of sp³-hybridized carbons (Fsp3) is 0.600. The molecular weight excluding hydrogens is 196 g/mol. The van der Waals surface area contributed by atoms with E-state index in [2.05, 4.69) is 32.6 Å². The van der Waals surface area contributed by atoms with Gasteiger partial charge in [0.2, 0.25) is 0 Å². The van der Waals surface area contributed by atoms with Gasteiger partial charge in [-0.2, -0.15) is 0 Å². The van der Waals surface area contributed by atoms with Gasteiger partial charge < -0.3 is 4.74 Å². The first-order valence-corrected chi connectivity index (χ1v) is 6.22. The summed E-state index contributed by atoms with van der Waals surface area (Å²) in [6.07, 6.45) is 10.9. The van der Waals surface area contributed by atoms with Crippen LogP contribution in [0.1, 0.15) is 33.6 Å². The number of allylic oxidation sites excluding steroid dienone is 4. The van der Waals surface area contributed by atoms with Gasteiger partial charge in [-0.3, -0.25) is 0 Å². The fourth-order valence-electron chi connectivity index (χ4n) is 1.96. The van der Waals surface area contributed by atoms with Gasteiger partial charge in [-0.25, -0.2) is 0 Å². The molecule has 0 amide bonds. The van der Waals surface area contributed by atoms with Gasteiger partial charge in [0.15, 0.2) is 0 Å². The predicted octanol–water partition coefficient (Wildman–Crippen LogP) is 4.33. The van der Waals surface area contributed by atoms with Gasteiger partial charge in [-0.05, 0) is 43.1 Å². The van der Waals surface area contributed by atoms with Crippen molar-refractivity contribution in [2.45, 2.75) is 33.6 Å². The second-order valence-electron chi connectivity index (χ2n) is 4.98. The van der Waals surface area contributed by atoms with E-state index in [1.807, 2.05) is 13.0 Å². The molecule has 0 fully saturated rings. The third-order valence-corrected chi connectivity index (χ3v) is 3.32. The van der Waals surface area contributed by atoms with Crippen LogP contribution in [0.5, 0.6) is 0 Å². The molecule has 0 aromatic rings. The average molecular weight is 220 g/mol. The zero-order valence-corrected chi connectivity index (χ0v) is 10.8. The Bertz CT molecular complexity index is 275. The zero-order chi connectivity index (χ0) is 12.0. The summed E-state index contributed by atoms with van der Waals surface area (Å²) in [7, 11) is 0. The summed E-state index contributed by atoms with van der Waals surface area (Å²) in [4.78, 5) is 0. The normalized spacial score (nSPS) is 27.6. The highest BCUT2D eigenvalue weighted by Gasteiger charge is 2.18. The lowest BCUT2D eigenvalue weighted by atomic mass is 9.82. The van der Waals surface area contributed by atoms with Gasteiger partial charge >= 0.3 is 0 Å². The Kier molecular flexibility index (Phi) is 5.37. The highest BCUT2D eigenvalue weighted by atomic mass is 16.5. The van der Waals surface area contributed by atoms with Crippen LogP contribution in [0.25, 0.3) is 0 Å². The van der Waals surface area contributed by atoms with E-state index in [9.17, 15) is 0 Å². The van der Waals surface area contributed by atoms with Crippen molar-refractivity contribution in [2.24, 2.45) is 17.8 Å². The van der Waals surface area contributed by atoms with Gasteiger partial charge in [0.05, 0.1) is 12.9 Å². The van der Waals surface area contributed by atoms with E-state index in [0.717, 1.165) is 18.1 Å². The summed E-state index contributed by atoms with van der Waals surface area (Å²) in [5.74, 6) is 2.04. The average Bonchev–Trinajstić information content (AvgIpc) is 2.29. The molecule has 0 bridgehead atoms. The fourth-order valence-corrected chi connectivity index (χ4v) is 1.96. The molecule has 0 N–H and O–H groups in total. The largest absolute Gasteiger partial charge is 0.501 e. The van der Waals surface area contributed by atoms with Crippen LogP contribution in [0.3, 0.4) is 0 Å². The van der Waals surface area contributed by atoms with E-state index in [4.69, 9.17) is 4.74 Å². The van der Waals surface area contributed by atoms with Crippen molar-refractivity contribution in [3.63, 3.8) is 0 Å². The summed E-state index contributed by atoms with van der Waals surface area (Å²) >= 11 is 0. The van der Waals surface area contributed by atoms with E-state index in [-0.39, 0.29) is 0 Å². The minimum atomic E-state index is 0.595. The van der Waals surface area contributed by atoms with Crippen LogP contribution in [0, 0.1) is 17.8 Å². The Labute approximate surface area is 99.9 Å². The lowest BCUT2D eigenvalue weighted by molar-refractivity contribution is 0.169. The van der Waals surface area contributed by atoms with Crippen molar-refractivity contribution in [1.82, 2.24) is 0 Å². The Balaban J connectivity index is 2.32. The maximum absolute atomic E-state index is 5.56. The minimum Gasteiger partial charge on any atom is -0.501 e. The molecule has 1 nitrogen and oxygen atoms in total. The van der Waals surface area contributed by atoms with Gasteiger partial charge in [-0.15, -0.1) is 0 Å². The third-order valence-electron chi connectivity index (χ3n) is 3.32. The van der Waals surface area contributed by atoms with Crippen molar-refractivity contribution in [2.75, 3.05) is 6.61 Å². The number of rotatable bonds is 5. The summed E-state index contributed by atoms with van der Waals surface area (Å²) in [6, 6.07) is 0. The molecular formula is C15H24O. The van der Waals surface area contributed by atoms with Crippen molar-refractivity contribution in [3.8, 4) is 0 Å². The first-order valence-electron chi connectivity index (χ1n) is 6.22. The highest BCUT2D eigenvalue weighted by Crippen LogP contribution is 2.27. The lowest BCUT2D eigenvalue weighted by Gasteiger charge is -2.25. The summed E-state index contributed by atoms with van der Waals surface area (Å²) in [6.45, 7) is 11.0. The zero-order valence-electron chi connectivity index (χ0n) is 10.8. The van der Waals surface area contributed by atoms with E-state index in [1.165, 1.54) is 12.8 Å². The second-order valence-corrected chi connectivity index (χ2v) is 4.98. The molecule has 0 saturated heterocycles. The predicted molar refractivity (Wildman–Crippen MR) is 70.1 cm³/mol. The van der Waals surface area contributed by atoms with Crippen LogP contribution in [0.4, 0.5) is 0 Å². The van der Waals surface area contributed by atoms with Crippen molar-refractivity contribution in [3.05, 3.63) is 36.6 Å². The molecule has 1 unspecified atom stereocenters. The van der Waals surface area contributed by atoms with Gasteiger partial charge in [-0.1, -0.05) is 38.7 Å². The number of hydrogen-bond acceptors (Lipinski definition) is 1. The molecule has 1 rings (SSSR count). The van der Waals surface area contributed by atoms with Gasteiger partial charge in [0, 0.05) is 0 Å². The van der Waals surface area contributed by atoms with Crippen LogP contribution in [0.2, 0.25) is 0 Å². The van der Waals surface area contributed by atoms with E-state index < -0.39 is 0 Å². The molecule has 0 heterocycles. The summed E-state index contributed by atoms with van der Waals surface area (Å²) in [5, 5.41) is 0. The van der Waals surface area contributed by atoms with Crippen molar-refractivity contribution >= 4 is 0 Å². The van der Waals surface area contributed by atoms with Crippen LogP contribution in [0.15, 0.2) is 36.6 Å². The van der Waals surface area contributed by atoms with Crippen LogP contribution < -0.4 is 0 Å². The quantitative estimate of drug-likeness (QED) is 0.380. The van der Waals surface area contributed by atoms with Crippen LogP contribution in [-0.4, -0.2) is 6.61 Å². The Morgan fingerprint density at radius 3 is 2.81 bits per heavy atom. The SMILES string of the molecule is C=C/C(C)=C/OCC(C)[C@H]1C=C[C@H](C)CC1. The van der Waals surface area contributed by atoms with Crippen molar-refractivity contribution in [1.29, 1.82) is 0 Å². The van der Waals surface area contributed by atoms with E-state index in [1.54, 1.807) is 6.26 Å². The number of hydrogen-bond donors (Lipinski definition) is 0. The van der Waals surface area contributed by atoms with Gasteiger partial charge in [0.1, 0.15) is 0 Å². The van der Waals surface area contributed by atoms with Crippen LogP contribution >= 0.6 is 0 Å². The van der Waals surface area contributed by atoms with Gasteiger partial charge in [0.25, 0.3) is 0 Å². The molecule has 16 heavy (non-hydrogen) atoms. The van der Waals surface area contributed by atoms with E-state index in [0.29, 0.717) is 11.8 Å². The Hall–Kier alpha value is -0.980.